The van der Waals surface area contributed by atoms with E-state index in [1.54, 1.807) is 29.1 Å². The lowest BCUT2D eigenvalue weighted by atomic mass is 10.1. The normalized spacial score (nSPS) is 18.1. The molecule has 158 valence electrons. The van der Waals surface area contributed by atoms with Gasteiger partial charge in [-0.05, 0) is 37.0 Å². The van der Waals surface area contributed by atoms with Crippen molar-refractivity contribution in [2.24, 2.45) is 0 Å². The van der Waals surface area contributed by atoms with Crippen LogP contribution in [0.4, 0.5) is 11.5 Å². The number of fused-ring (bicyclic) bond motifs is 1. The number of anilines is 2. The number of hydrogen-bond donors (Lipinski definition) is 1. The molecule has 2 aromatic heterocycles. The number of amides is 2. The highest BCUT2D eigenvalue weighted by Crippen LogP contribution is 2.30. The van der Waals surface area contributed by atoms with Crippen LogP contribution in [0.15, 0.2) is 30.6 Å². The molecule has 0 aromatic carbocycles. The summed E-state index contributed by atoms with van der Waals surface area (Å²) in [6.45, 7) is 3.89. The Hall–Kier alpha value is -3.00. The molecule has 0 spiro atoms. The molecule has 0 aliphatic carbocycles. The van der Waals surface area contributed by atoms with Gasteiger partial charge in [0.2, 0.25) is 5.91 Å². The summed E-state index contributed by atoms with van der Waals surface area (Å²) in [6.07, 6.45) is 6.29. The number of carbonyl (C=O) groups is 2. The second-order valence-electron chi connectivity index (χ2n) is 7.76. The van der Waals surface area contributed by atoms with E-state index in [1.807, 2.05) is 18.3 Å². The molecule has 2 aromatic rings. The van der Waals surface area contributed by atoms with E-state index in [9.17, 15) is 9.59 Å². The predicted octanol–water partition coefficient (Wildman–Crippen LogP) is 2.25. The largest absolute Gasteiger partial charge is 0.376 e. The number of nitrogens with zero attached hydrogens (tertiary/aromatic N) is 4. The van der Waals surface area contributed by atoms with Gasteiger partial charge < -0.3 is 19.9 Å². The number of carbonyl (C=O) groups excluding carboxylic acids is 2. The number of nitrogens with one attached hydrogen (secondary N) is 1. The molecule has 1 unspecified atom stereocenters. The summed E-state index contributed by atoms with van der Waals surface area (Å²) in [4.78, 5) is 37.7. The summed E-state index contributed by atoms with van der Waals surface area (Å²) < 4.78 is 5.70. The van der Waals surface area contributed by atoms with Crippen LogP contribution >= 0.6 is 0 Å². The minimum absolute atomic E-state index is 0.0269. The van der Waals surface area contributed by atoms with Gasteiger partial charge >= 0.3 is 0 Å². The number of aryl methyl sites for hydroxylation is 1. The maximum absolute atomic E-state index is 13.0. The monoisotopic (exact) mass is 409 g/mol. The summed E-state index contributed by atoms with van der Waals surface area (Å²) >= 11 is 0. The first-order chi connectivity index (χ1) is 14.5. The van der Waals surface area contributed by atoms with Crippen molar-refractivity contribution >= 4 is 23.3 Å². The van der Waals surface area contributed by atoms with Gasteiger partial charge in [0, 0.05) is 26.0 Å². The van der Waals surface area contributed by atoms with Crippen molar-refractivity contribution in [3.05, 3.63) is 47.4 Å². The van der Waals surface area contributed by atoms with E-state index in [-0.39, 0.29) is 24.5 Å². The van der Waals surface area contributed by atoms with E-state index in [0.29, 0.717) is 30.2 Å². The highest BCUT2D eigenvalue weighted by atomic mass is 16.5. The minimum Gasteiger partial charge on any atom is -0.376 e. The third-order valence-corrected chi connectivity index (χ3v) is 5.56. The molecule has 30 heavy (non-hydrogen) atoms. The molecule has 2 aliphatic rings. The fourth-order valence-electron chi connectivity index (χ4n) is 3.79. The number of aromatic nitrogens is 2. The Balaban J connectivity index is 1.51. The van der Waals surface area contributed by atoms with E-state index in [0.717, 1.165) is 37.1 Å². The van der Waals surface area contributed by atoms with Crippen LogP contribution < -0.4 is 10.2 Å². The fraction of sp³-hybridized carbons (Fsp3) is 0.455. The van der Waals surface area contributed by atoms with Gasteiger partial charge in [-0.1, -0.05) is 13.0 Å². The van der Waals surface area contributed by atoms with Gasteiger partial charge in [-0.2, -0.15) is 0 Å². The van der Waals surface area contributed by atoms with Crippen molar-refractivity contribution in [1.29, 1.82) is 0 Å². The first-order valence-corrected chi connectivity index (χ1v) is 10.4. The number of ether oxygens (including phenoxy) is 1. The molecule has 0 bridgehead atoms. The summed E-state index contributed by atoms with van der Waals surface area (Å²) in [6, 6.07) is 5.72. The summed E-state index contributed by atoms with van der Waals surface area (Å²) in [5.74, 6) is 0.406. The Labute approximate surface area is 176 Å². The smallest absolute Gasteiger partial charge is 0.255 e. The standard InChI is InChI=1S/C22H27N5O3/c1-3-15-6-7-17(23-10-15)13-26(2)22(29)16-9-19-21(24-11-16)25-12-20(28)27(19)14-18-5-4-8-30-18/h6-7,9-11,18H,3-5,8,12-14H2,1-2H3,(H,24,25). The average Bonchev–Trinajstić information content (AvgIpc) is 3.28. The van der Waals surface area contributed by atoms with Crippen LogP contribution in [0, 0.1) is 0 Å². The van der Waals surface area contributed by atoms with Crippen LogP contribution in [-0.2, 0) is 22.5 Å². The molecule has 1 atom stereocenters. The third kappa shape index (κ3) is 4.28. The lowest BCUT2D eigenvalue weighted by molar-refractivity contribution is -0.117. The van der Waals surface area contributed by atoms with E-state index >= 15 is 0 Å². The Morgan fingerprint density at radius 2 is 2.20 bits per heavy atom. The molecule has 0 saturated carbocycles. The minimum atomic E-state index is -0.165. The lowest BCUT2D eigenvalue weighted by Crippen LogP contribution is -2.44. The molecule has 1 fully saturated rings. The quantitative estimate of drug-likeness (QED) is 0.787. The van der Waals surface area contributed by atoms with Crippen LogP contribution in [0.5, 0.6) is 0 Å². The second-order valence-corrected chi connectivity index (χ2v) is 7.76. The van der Waals surface area contributed by atoms with Crippen molar-refractivity contribution in [3.63, 3.8) is 0 Å². The van der Waals surface area contributed by atoms with Gasteiger partial charge in [-0.15, -0.1) is 0 Å². The van der Waals surface area contributed by atoms with E-state index in [2.05, 4.69) is 22.2 Å². The Kier molecular flexibility index (Phi) is 5.94. The SMILES string of the molecule is CCc1ccc(CN(C)C(=O)c2cnc3c(c2)N(CC2CCCO2)C(=O)CN3)nc1. The maximum atomic E-state index is 13.0. The van der Waals surface area contributed by atoms with Crippen molar-refractivity contribution in [2.45, 2.75) is 38.8 Å². The molecule has 2 aliphatic heterocycles. The molecule has 1 N–H and O–H groups in total. The molecule has 8 nitrogen and oxygen atoms in total. The molecule has 1 saturated heterocycles. The molecular formula is C22H27N5O3. The van der Waals surface area contributed by atoms with Crippen LogP contribution in [0.2, 0.25) is 0 Å². The van der Waals surface area contributed by atoms with Gasteiger partial charge in [-0.25, -0.2) is 4.98 Å². The van der Waals surface area contributed by atoms with E-state index in [4.69, 9.17) is 4.74 Å². The van der Waals surface area contributed by atoms with Gasteiger partial charge in [-0.3, -0.25) is 14.6 Å². The zero-order chi connectivity index (χ0) is 21.1. The molecule has 4 heterocycles. The highest BCUT2D eigenvalue weighted by molar-refractivity contribution is 6.04. The van der Waals surface area contributed by atoms with Crippen molar-refractivity contribution in [2.75, 3.05) is 37.0 Å². The second kappa shape index (κ2) is 8.79. The number of hydrogen-bond acceptors (Lipinski definition) is 6. The average molecular weight is 409 g/mol. The van der Waals surface area contributed by atoms with Crippen LogP contribution in [0.25, 0.3) is 0 Å². The zero-order valence-corrected chi connectivity index (χ0v) is 17.4. The van der Waals surface area contributed by atoms with E-state index in [1.165, 1.54) is 0 Å². The number of rotatable bonds is 6. The van der Waals surface area contributed by atoms with Crippen molar-refractivity contribution < 1.29 is 14.3 Å². The highest BCUT2D eigenvalue weighted by Gasteiger charge is 2.30. The van der Waals surface area contributed by atoms with Gasteiger partial charge in [0.15, 0.2) is 0 Å². The number of pyridine rings is 2. The topological polar surface area (TPSA) is 87.7 Å². The first-order valence-electron chi connectivity index (χ1n) is 10.4. The van der Waals surface area contributed by atoms with Crippen molar-refractivity contribution in [1.82, 2.24) is 14.9 Å². The Morgan fingerprint density at radius 1 is 1.33 bits per heavy atom. The Morgan fingerprint density at radius 3 is 2.90 bits per heavy atom. The molecular weight excluding hydrogens is 382 g/mol. The van der Waals surface area contributed by atoms with Crippen LogP contribution in [-0.4, -0.2) is 59.5 Å². The van der Waals surface area contributed by atoms with Gasteiger partial charge in [0.1, 0.15) is 5.82 Å². The molecule has 8 heteroatoms. The third-order valence-electron chi connectivity index (χ3n) is 5.56. The first kappa shape index (κ1) is 20.3. The Bertz CT molecular complexity index is 925. The van der Waals surface area contributed by atoms with Gasteiger partial charge in [0.25, 0.3) is 5.91 Å². The molecule has 2 amide bonds. The maximum Gasteiger partial charge on any atom is 0.255 e. The fourth-order valence-corrected chi connectivity index (χ4v) is 3.79. The van der Waals surface area contributed by atoms with Crippen molar-refractivity contribution in [3.8, 4) is 0 Å². The lowest BCUT2D eigenvalue weighted by Gasteiger charge is -2.31. The summed E-state index contributed by atoms with van der Waals surface area (Å²) in [7, 11) is 1.74. The summed E-state index contributed by atoms with van der Waals surface area (Å²) in [5.41, 5.74) is 3.06. The van der Waals surface area contributed by atoms with Crippen LogP contribution in [0.1, 0.15) is 41.4 Å². The zero-order valence-electron chi connectivity index (χ0n) is 17.4. The predicted molar refractivity (Wildman–Crippen MR) is 113 cm³/mol. The van der Waals surface area contributed by atoms with Crippen LogP contribution in [0.3, 0.4) is 0 Å². The molecule has 0 radical (unpaired) electrons. The van der Waals surface area contributed by atoms with Gasteiger partial charge in [0.05, 0.1) is 42.7 Å². The van der Waals surface area contributed by atoms with E-state index < -0.39 is 0 Å². The molecule has 4 rings (SSSR count). The summed E-state index contributed by atoms with van der Waals surface area (Å²) in [5, 5.41) is 3.04.